The molecule has 17 heavy (non-hydrogen) atoms. The third-order valence-electron chi connectivity index (χ3n) is 2.18. The van der Waals surface area contributed by atoms with E-state index in [-0.39, 0.29) is 0 Å². The molecule has 2 aromatic heterocycles. The summed E-state index contributed by atoms with van der Waals surface area (Å²) in [6.45, 7) is 2.84. The smallest absolute Gasteiger partial charge is 0.213 e. The molecule has 2 heterocycles. The molecule has 2 aromatic rings. The number of anilines is 1. The van der Waals surface area contributed by atoms with Crippen LogP contribution in [0.5, 0.6) is 5.88 Å². The number of ether oxygens (including phenoxy) is 1. The van der Waals surface area contributed by atoms with Crippen molar-refractivity contribution in [3.8, 4) is 17.4 Å². The Kier molecular flexibility index (Phi) is 3.49. The topological polar surface area (TPSA) is 59.9 Å². The van der Waals surface area contributed by atoms with Crippen LogP contribution in [0.1, 0.15) is 6.92 Å². The second-order valence-corrected chi connectivity index (χ2v) is 3.36. The van der Waals surface area contributed by atoms with Gasteiger partial charge in [-0.1, -0.05) is 6.07 Å². The summed E-state index contributed by atoms with van der Waals surface area (Å²) in [4.78, 5) is 12.9. The molecule has 0 unspecified atom stereocenters. The lowest BCUT2D eigenvalue weighted by Crippen LogP contribution is -2.01. The molecule has 0 radical (unpaired) electrons. The zero-order valence-corrected chi connectivity index (χ0v) is 9.84. The van der Waals surface area contributed by atoms with Crippen molar-refractivity contribution >= 4 is 5.82 Å². The summed E-state index contributed by atoms with van der Waals surface area (Å²) in [6.07, 6.45) is 1.71. The summed E-state index contributed by atoms with van der Waals surface area (Å²) < 4.78 is 5.07. The van der Waals surface area contributed by atoms with E-state index in [1.165, 1.54) is 0 Å². The van der Waals surface area contributed by atoms with Crippen LogP contribution in [0.2, 0.25) is 0 Å². The van der Waals surface area contributed by atoms with Crippen LogP contribution in [0, 0.1) is 0 Å². The van der Waals surface area contributed by atoms with Gasteiger partial charge < -0.3 is 10.1 Å². The van der Waals surface area contributed by atoms with Crippen molar-refractivity contribution in [2.45, 2.75) is 6.92 Å². The monoisotopic (exact) mass is 230 g/mol. The molecule has 0 amide bonds. The van der Waals surface area contributed by atoms with Crippen molar-refractivity contribution in [2.75, 3.05) is 19.0 Å². The summed E-state index contributed by atoms with van der Waals surface area (Å²) >= 11 is 0. The van der Waals surface area contributed by atoms with E-state index in [4.69, 9.17) is 4.74 Å². The molecule has 1 N–H and O–H groups in total. The van der Waals surface area contributed by atoms with Crippen LogP contribution in [0.25, 0.3) is 11.5 Å². The Hall–Kier alpha value is -2.17. The first-order chi connectivity index (χ1) is 8.33. The molecule has 0 aliphatic carbocycles. The lowest BCUT2D eigenvalue weighted by atomic mass is 10.3. The normalized spacial score (nSPS) is 10.0. The van der Waals surface area contributed by atoms with E-state index in [2.05, 4.69) is 20.3 Å². The Balaban J connectivity index is 2.34. The van der Waals surface area contributed by atoms with Gasteiger partial charge in [0, 0.05) is 18.8 Å². The standard InChI is InChI=1S/C12H14N4O/c1-3-13-10-7-8-14-12(16-10)9-5-4-6-11(15-9)17-2/h4-8H,3H2,1-2H3,(H,13,14,16). The van der Waals surface area contributed by atoms with Gasteiger partial charge in [-0.3, -0.25) is 0 Å². The molecule has 2 rings (SSSR count). The largest absolute Gasteiger partial charge is 0.481 e. The van der Waals surface area contributed by atoms with Crippen molar-refractivity contribution < 1.29 is 4.74 Å². The number of aromatic nitrogens is 3. The zero-order valence-electron chi connectivity index (χ0n) is 9.84. The van der Waals surface area contributed by atoms with Crippen molar-refractivity contribution in [3.05, 3.63) is 30.5 Å². The molecule has 0 bridgehead atoms. The maximum absolute atomic E-state index is 5.07. The van der Waals surface area contributed by atoms with Gasteiger partial charge in [0.15, 0.2) is 5.82 Å². The summed E-state index contributed by atoms with van der Waals surface area (Å²) in [6, 6.07) is 7.34. The number of methoxy groups -OCH3 is 1. The van der Waals surface area contributed by atoms with Crippen molar-refractivity contribution in [3.63, 3.8) is 0 Å². The zero-order chi connectivity index (χ0) is 12.1. The van der Waals surface area contributed by atoms with Gasteiger partial charge in [0.2, 0.25) is 5.88 Å². The molecular formula is C12H14N4O. The molecule has 0 aromatic carbocycles. The Morgan fingerprint density at radius 2 is 2.12 bits per heavy atom. The molecule has 0 fully saturated rings. The van der Waals surface area contributed by atoms with Gasteiger partial charge in [0.25, 0.3) is 0 Å². The fourth-order valence-corrected chi connectivity index (χ4v) is 1.41. The summed E-state index contributed by atoms with van der Waals surface area (Å²) in [5.41, 5.74) is 0.698. The van der Waals surface area contributed by atoms with Crippen LogP contribution in [-0.4, -0.2) is 28.6 Å². The lowest BCUT2D eigenvalue weighted by Gasteiger charge is -2.05. The average Bonchev–Trinajstić information content (AvgIpc) is 2.40. The maximum Gasteiger partial charge on any atom is 0.213 e. The molecule has 0 aliphatic heterocycles. The number of rotatable bonds is 4. The number of nitrogens with zero attached hydrogens (tertiary/aromatic N) is 3. The van der Waals surface area contributed by atoms with Crippen LogP contribution in [0.15, 0.2) is 30.5 Å². The minimum Gasteiger partial charge on any atom is -0.481 e. The maximum atomic E-state index is 5.07. The fourth-order valence-electron chi connectivity index (χ4n) is 1.41. The highest BCUT2D eigenvalue weighted by Crippen LogP contribution is 2.16. The van der Waals surface area contributed by atoms with E-state index in [9.17, 15) is 0 Å². The molecule has 0 saturated heterocycles. The van der Waals surface area contributed by atoms with E-state index >= 15 is 0 Å². The molecule has 5 heteroatoms. The first-order valence-electron chi connectivity index (χ1n) is 5.42. The molecule has 5 nitrogen and oxygen atoms in total. The predicted octanol–water partition coefficient (Wildman–Crippen LogP) is 1.98. The van der Waals surface area contributed by atoms with E-state index in [0.29, 0.717) is 17.4 Å². The van der Waals surface area contributed by atoms with Gasteiger partial charge >= 0.3 is 0 Å². The lowest BCUT2D eigenvalue weighted by molar-refractivity contribution is 0.398. The van der Waals surface area contributed by atoms with E-state index in [1.54, 1.807) is 19.4 Å². The number of pyridine rings is 1. The first-order valence-corrected chi connectivity index (χ1v) is 5.42. The second kappa shape index (κ2) is 5.25. The third-order valence-corrected chi connectivity index (χ3v) is 2.18. The second-order valence-electron chi connectivity index (χ2n) is 3.36. The highest BCUT2D eigenvalue weighted by Gasteiger charge is 2.04. The fraction of sp³-hybridized carbons (Fsp3) is 0.250. The quantitative estimate of drug-likeness (QED) is 0.870. The molecular weight excluding hydrogens is 216 g/mol. The van der Waals surface area contributed by atoms with Gasteiger partial charge in [-0.05, 0) is 19.1 Å². The predicted molar refractivity (Wildman–Crippen MR) is 66.0 cm³/mol. The third kappa shape index (κ3) is 2.69. The molecule has 0 atom stereocenters. The highest BCUT2D eigenvalue weighted by molar-refractivity contribution is 5.52. The molecule has 0 spiro atoms. The van der Waals surface area contributed by atoms with Gasteiger partial charge in [0.1, 0.15) is 11.5 Å². The number of hydrogen-bond donors (Lipinski definition) is 1. The van der Waals surface area contributed by atoms with Crippen molar-refractivity contribution in [2.24, 2.45) is 0 Å². The number of hydrogen-bond acceptors (Lipinski definition) is 5. The molecule has 88 valence electrons. The summed E-state index contributed by atoms with van der Waals surface area (Å²) in [5, 5.41) is 3.14. The Morgan fingerprint density at radius 1 is 1.24 bits per heavy atom. The summed E-state index contributed by atoms with van der Waals surface area (Å²) in [7, 11) is 1.59. The minimum atomic E-state index is 0.556. The highest BCUT2D eigenvalue weighted by atomic mass is 16.5. The SMILES string of the molecule is CCNc1ccnc(-c2cccc(OC)n2)n1. The van der Waals surface area contributed by atoms with Crippen LogP contribution < -0.4 is 10.1 Å². The Bertz CT molecular complexity index is 501. The van der Waals surface area contributed by atoms with Gasteiger partial charge in [-0.15, -0.1) is 0 Å². The van der Waals surface area contributed by atoms with Crippen LogP contribution in [0.4, 0.5) is 5.82 Å². The average molecular weight is 230 g/mol. The van der Waals surface area contributed by atoms with Crippen molar-refractivity contribution in [1.82, 2.24) is 15.0 Å². The van der Waals surface area contributed by atoms with Crippen molar-refractivity contribution in [1.29, 1.82) is 0 Å². The molecule has 0 saturated carbocycles. The van der Waals surface area contributed by atoms with Crippen LogP contribution in [-0.2, 0) is 0 Å². The number of nitrogens with one attached hydrogen (secondary N) is 1. The van der Waals surface area contributed by atoms with Crippen LogP contribution in [0.3, 0.4) is 0 Å². The van der Waals surface area contributed by atoms with Crippen LogP contribution >= 0.6 is 0 Å². The Morgan fingerprint density at radius 3 is 2.88 bits per heavy atom. The van der Waals surface area contributed by atoms with E-state index in [0.717, 1.165) is 12.4 Å². The summed E-state index contributed by atoms with van der Waals surface area (Å²) in [5.74, 6) is 1.93. The van der Waals surface area contributed by atoms with E-state index in [1.807, 2.05) is 25.1 Å². The Labute approximate surface area is 99.9 Å². The van der Waals surface area contributed by atoms with Gasteiger partial charge in [0.05, 0.1) is 7.11 Å². The molecule has 0 aliphatic rings. The van der Waals surface area contributed by atoms with Gasteiger partial charge in [-0.25, -0.2) is 15.0 Å². The van der Waals surface area contributed by atoms with E-state index < -0.39 is 0 Å². The first kappa shape index (κ1) is 11.3. The van der Waals surface area contributed by atoms with Gasteiger partial charge in [-0.2, -0.15) is 0 Å². The minimum absolute atomic E-state index is 0.556.